The Labute approximate surface area is 205 Å². The van der Waals surface area contributed by atoms with Crippen molar-refractivity contribution in [3.8, 4) is 16.9 Å². The number of carbonyl (C=O) groups excluding carboxylic acids is 1. The van der Waals surface area contributed by atoms with Crippen LogP contribution in [0.3, 0.4) is 0 Å². The molecule has 1 aliphatic carbocycles. The van der Waals surface area contributed by atoms with Crippen molar-refractivity contribution in [3.63, 3.8) is 0 Å². The lowest BCUT2D eigenvalue weighted by molar-refractivity contribution is 0.0112. The number of rotatable bonds is 10. The molecule has 0 spiro atoms. The average Bonchev–Trinajstić information content (AvgIpc) is 3.51. The molecule has 1 heterocycles. The van der Waals surface area contributed by atoms with Crippen molar-refractivity contribution in [2.24, 2.45) is 5.73 Å². The van der Waals surface area contributed by atoms with E-state index < -0.39 is 5.91 Å². The lowest BCUT2D eigenvalue weighted by Gasteiger charge is -2.26. The van der Waals surface area contributed by atoms with Gasteiger partial charge in [0.25, 0.3) is 5.91 Å². The molecule has 178 valence electrons. The van der Waals surface area contributed by atoms with Gasteiger partial charge < -0.3 is 19.8 Å². The standard InChI is InChI=1S/C29H29N3O3/c1-20(35-18-21-7-3-2-4-8-21)28(32-17-27(29(30)33)31-19-32)13-14-34-24-11-12-26-23(16-24)15-22-9-5-6-10-25(22)26/h2-12,16-17,19-20,28H,13-15,18H2,1H3,(H2,30,33)/t20-,28+/m0/s1. The first-order valence-corrected chi connectivity index (χ1v) is 11.9. The van der Waals surface area contributed by atoms with Crippen LogP contribution in [0.25, 0.3) is 11.1 Å². The molecule has 0 unspecified atom stereocenters. The Kier molecular flexibility index (Phi) is 6.64. The summed E-state index contributed by atoms with van der Waals surface area (Å²) in [6.07, 6.45) is 4.80. The highest BCUT2D eigenvalue weighted by atomic mass is 16.5. The first-order valence-electron chi connectivity index (χ1n) is 11.9. The molecule has 3 aromatic carbocycles. The van der Waals surface area contributed by atoms with Gasteiger partial charge in [-0.2, -0.15) is 0 Å². The third kappa shape index (κ3) is 5.12. The van der Waals surface area contributed by atoms with Crippen LogP contribution in [-0.2, 0) is 17.8 Å². The number of ether oxygens (including phenoxy) is 2. The first kappa shape index (κ1) is 22.9. The van der Waals surface area contributed by atoms with Gasteiger partial charge in [-0.1, -0.05) is 60.7 Å². The van der Waals surface area contributed by atoms with E-state index in [1.165, 1.54) is 22.3 Å². The highest BCUT2D eigenvalue weighted by molar-refractivity contribution is 5.90. The summed E-state index contributed by atoms with van der Waals surface area (Å²) in [5.41, 5.74) is 12.0. The summed E-state index contributed by atoms with van der Waals surface area (Å²) < 4.78 is 14.3. The maximum atomic E-state index is 11.6. The normalized spacial score (nSPS) is 13.6. The van der Waals surface area contributed by atoms with Gasteiger partial charge in [0, 0.05) is 12.6 Å². The van der Waals surface area contributed by atoms with E-state index in [9.17, 15) is 4.79 Å². The fraction of sp³-hybridized carbons (Fsp3) is 0.241. The Morgan fingerprint density at radius 1 is 1.03 bits per heavy atom. The SMILES string of the molecule is C[C@H](OCc1ccccc1)[C@@H](CCOc1ccc2c(c1)Cc1ccccc1-2)n1cnc(C(N)=O)c1. The fourth-order valence-electron chi connectivity index (χ4n) is 4.69. The molecule has 0 saturated carbocycles. The van der Waals surface area contributed by atoms with Crippen LogP contribution in [-0.4, -0.2) is 28.2 Å². The molecule has 0 saturated heterocycles. The molecule has 1 amide bonds. The molecule has 2 atom stereocenters. The third-order valence-electron chi connectivity index (χ3n) is 6.58. The maximum Gasteiger partial charge on any atom is 0.268 e. The second-order valence-electron chi connectivity index (χ2n) is 8.93. The number of amides is 1. The summed E-state index contributed by atoms with van der Waals surface area (Å²) in [6.45, 7) is 3.03. The van der Waals surface area contributed by atoms with Crippen LogP contribution in [0.1, 0.15) is 46.6 Å². The number of nitrogens with two attached hydrogens (primary N) is 1. The summed E-state index contributed by atoms with van der Waals surface area (Å²) in [5, 5.41) is 0. The Hall–Kier alpha value is -3.90. The molecule has 0 bridgehead atoms. The predicted octanol–water partition coefficient (Wildman–Crippen LogP) is 5.17. The molecule has 1 aliphatic rings. The van der Waals surface area contributed by atoms with Gasteiger partial charge in [0.2, 0.25) is 0 Å². The number of primary amides is 1. The number of benzene rings is 3. The Morgan fingerprint density at radius 2 is 1.80 bits per heavy atom. The molecule has 0 aliphatic heterocycles. The van der Waals surface area contributed by atoms with Crippen molar-refractivity contribution in [2.45, 2.75) is 38.5 Å². The van der Waals surface area contributed by atoms with Crippen molar-refractivity contribution < 1.29 is 14.3 Å². The van der Waals surface area contributed by atoms with Crippen LogP contribution in [0, 0.1) is 0 Å². The molecule has 6 nitrogen and oxygen atoms in total. The minimum Gasteiger partial charge on any atom is -0.494 e. The van der Waals surface area contributed by atoms with Gasteiger partial charge in [-0.3, -0.25) is 4.79 Å². The second-order valence-corrected chi connectivity index (χ2v) is 8.93. The number of aromatic nitrogens is 2. The van der Waals surface area contributed by atoms with Crippen LogP contribution in [0.15, 0.2) is 85.3 Å². The van der Waals surface area contributed by atoms with Crippen LogP contribution < -0.4 is 10.5 Å². The zero-order valence-corrected chi connectivity index (χ0v) is 19.8. The molecule has 2 N–H and O–H groups in total. The summed E-state index contributed by atoms with van der Waals surface area (Å²) >= 11 is 0. The Balaban J connectivity index is 1.26. The van der Waals surface area contributed by atoms with Crippen molar-refractivity contribution in [1.82, 2.24) is 9.55 Å². The van der Waals surface area contributed by atoms with Crippen LogP contribution in [0.4, 0.5) is 0 Å². The van der Waals surface area contributed by atoms with Gasteiger partial charge in [0.15, 0.2) is 0 Å². The minimum absolute atomic E-state index is 0.0713. The zero-order valence-electron chi connectivity index (χ0n) is 19.8. The van der Waals surface area contributed by atoms with Gasteiger partial charge in [-0.25, -0.2) is 4.98 Å². The van der Waals surface area contributed by atoms with Gasteiger partial charge in [0.05, 0.1) is 31.7 Å². The summed E-state index contributed by atoms with van der Waals surface area (Å²) in [7, 11) is 0. The van der Waals surface area contributed by atoms with Gasteiger partial charge in [0.1, 0.15) is 11.4 Å². The molecule has 6 heteroatoms. The van der Waals surface area contributed by atoms with Crippen molar-refractivity contribution in [3.05, 3.63) is 108 Å². The van der Waals surface area contributed by atoms with Crippen molar-refractivity contribution in [2.75, 3.05) is 6.61 Å². The minimum atomic E-state index is -0.546. The molecule has 1 aromatic heterocycles. The van der Waals surface area contributed by atoms with E-state index in [1.807, 2.05) is 47.9 Å². The lowest BCUT2D eigenvalue weighted by Crippen LogP contribution is -2.25. The molecule has 0 fully saturated rings. The van der Waals surface area contributed by atoms with Crippen LogP contribution >= 0.6 is 0 Å². The van der Waals surface area contributed by atoms with Crippen LogP contribution in [0.5, 0.6) is 5.75 Å². The van der Waals surface area contributed by atoms with E-state index >= 15 is 0 Å². The number of hydrogen-bond acceptors (Lipinski definition) is 4. The van der Waals surface area contributed by atoms with E-state index in [-0.39, 0.29) is 17.8 Å². The number of carbonyl (C=O) groups is 1. The molecule has 0 radical (unpaired) electrons. The average molecular weight is 468 g/mol. The number of fused-ring (bicyclic) bond motifs is 3. The smallest absolute Gasteiger partial charge is 0.268 e. The first-order chi connectivity index (χ1) is 17.1. The maximum absolute atomic E-state index is 11.6. The highest BCUT2D eigenvalue weighted by Crippen LogP contribution is 2.38. The van der Waals surface area contributed by atoms with E-state index in [1.54, 1.807) is 12.5 Å². The Bertz CT molecular complexity index is 1320. The number of hydrogen-bond donors (Lipinski definition) is 1. The van der Waals surface area contributed by atoms with E-state index in [0.29, 0.717) is 19.6 Å². The lowest BCUT2D eigenvalue weighted by atomic mass is 10.1. The Morgan fingerprint density at radius 3 is 2.60 bits per heavy atom. The van der Waals surface area contributed by atoms with E-state index in [4.69, 9.17) is 15.2 Å². The van der Waals surface area contributed by atoms with Crippen LogP contribution in [0.2, 0.25) is 0 Å². The molecular formula is C29H29N3O3. The predicted molar refractivity (Wildman–Crippen MR) is 135 cm³/mol. The summed E-state index contributed by atoms with van der Waals surface area (Å²) in [6, 6.07) is 24.8. The van der Waals surface area contributed by atoms with Crippen molar-refractivity contribution >= 4 is 5.91 Å². The van der Waals surface area contributed by atoms with E-state index in [0.717, 1.165) is 17.7 Å². The second kappa shape index (κ2) is 10.2. The largest absolute Gasteiger partial charge is 0.494 e. The van der Waals surface area contributed by atoms with Crippen molar-refractivity contribution in [1.29, 1.82) is 0 Å². The zero-order chi connectivity index (χ0) is 24.2. The van der Waals surface area contributed by atoms with Gasteiger partial charge in [-0.15, -0.1) is 0 Å². The quantitative estimate of drug-likeness (QED) is 0.307. The fourth-order valence-corrected chi connectivity index (χ4v) is 4.69. The molecular weight excluding hydrogens is 438 g/mol. The highest BCUT2D eigenvalue weighted by Gasteiger charge is 2.22. The summed E-state index contributed by atoms with van der Waals surface area (Å²) in [4.78, 5) is 15.7. The molecule has 4 aromatic rings. The topological polar surface area (TPSA) is 79.4 Å². The molecule has 5 rings (SSSR count). The third-order valence-corrected chi connectivity index (χ3v) is 6.58. The van der Waals surface area contributed by atoms with Gasteiger partial charge in [-0.05, 0) is 53.3 Å². The van der Waals surface area contributed by atoms with E-state index in [2.05, 4.69) is 41.4 Å². The summed E-state index contributed by atoms with van der Waals surface area (Å²) in [5.74, 6) is 0.312. The monoisotopic (exact) mass is 467 g/mol. The van der Waals surface area contributed by atoms with Gasteiger partial charge >= 0.3 is 0 Å². The number of nitrogens with zero attached hydrogens (tertiary/aromatic N) is 2. The number of imidazole rings is 1. The molecule has 35 heavy (non-hydrogen) atoms.